The van der Waals surface area contributed by atoms with Crippen LogP contribution in [0.2, 0.25) is 0 Å². The molecule has 1 amide bonds. The minimum atomic E-state index is -0.320. The van der Waals surface area contributed by atoms with Crippen LogP contribution in [0.4, 0.5) is 4.79 Å². The lowest BCUT2D eigenvalue weighted by Crippen LogP contribution is -2.45. The van der Waals surface area contributed by atoms with Crippen LogP contribution in [0.5, 0.6) is 0 Å². The van der Waals surface area contributed by atoms with Crippen LogP contribution >= 0.6 is 0 Å². The third-order valence-corrected chi connectivity index (χ3v) is 4.55. The van der Waals surface area contributed by atoms with E-state index in [0.717, 1.165) is 36.8 Å². The van der Waals surface area contributed by atoms with Crippen LogP contribution in [-0.2, 0) is 20.9 Å². The number of rotatable bonds is 3. The standard InChI is InChI=1S/C18H21NO4/c1-22-17(20)11-14-9-15-7-8-16(10-14)19(15)18(21)23-12-13-5-3-2-4-6-13/h2-6,11,15-16H,7-10,12H2,1H3. The van der Waals surface area contributed by atoms with Gasteiger partial charge in [0.15, 0.2) is 0 Å². The Morgan fingerprint density at radius 1 is 1.17 bits per heavy atom. The van der Waals surface area contributed by atoms with Crippen LogP contribution in [0.1, 0.15) is 31.2 Å². The van der Waals surface area contributed by atoms with Crippen molar-refractivity contribution in [1.29, 1.82) is 0 Å². The smallest absolute Gasteiger partial charge is 0.410 e. The van der Waals surface area contributed by atoms with Gasteiger partial charge in [0.05, 0.1) is 7.11 Å². The van der Waals surface area contributed by atoms with Gasteiger partial charge in [-0.1, -0.05) is 35.9 Å². The summed E-state index contributed by atoms with van der Waals surface area (Å²) in [5.74, 6) is -0.320. The molecule has 23 heavy (non-hydrogen) atoms. The van der Waals surface area contributed by atoms with Crippen molar-refractivity contribution in [3.05, 3.63) is 47.5 Å². The summed E-state index contributed by atoms with van der Waals surface area (Å²) in [6, 6.07) is 9.94. The second kappa shape index (κ2) is 6.86. The fourth-order valence-electron chi connectivity index (χ4n) is 3.49. The molecule has 0 spiro atoms. The van der Waals surface area contributed by atoms with Crippen LogP contribution in [0.3, 0.4) is 0 Å². The van der Waals surface area contributed by atoms with Crippen molar-refractivity contribution in [3.63, 3.8) is 0 Å². The second-order valence-electron chi connectivity index (χ2n) is 6.07. The Bertz CT molecular complexity index is 595. The van der Waals surface area contributed by atoms with E-state index >= 15 is 0 Å². The Morgan fingerprint density at radius 2 is 1.83 bits per heavy atom. The van der Waals surface area contributed by atoms with Crippen molar-refractivity contribution in [2.24, 2.45) is 0 Å². The number of nitrogens with zero attached hydrogens (tertiary/aromatic N) is 1. The molecule has 2 unspecified atom stereocenters. The zero-order chi connectivity index (χ0) is 16.2. The van der Waals surface area contributed by atoms with Crippen LogP contribution in [-0.4, -0.2) is 36.2 Å². The summed E-state index contributed by atoms with van der Waals surface area (Å²) in [5.41, 5.74) is 2.05. The van der Waals surface area contributed by atoms with Gasteiger partial charge in [-0.3, -0.25) is 0 Å². The van der Waals surface area contributed by atoms with E-state index in [2.05, 4.69) is 4.74 Å². The molecule has 2 atom stereocenters. The third-order valence-electron chi connectivity index (χ3n) is 4.55. The molecule has 3 rings (SSSR count). The van der Waals surface area contributed by atoms with Gasteiger partial charge in [-0.25, -0.2) is 9.59 Å². The molecule has 5 heteroatoms. The zero-order valence-electron chi connectivity index (χ0n) is 13.2. The molecule has 2 fully saturated rings. The highest BCUT2D eigenvalue weighted by atomic mass is 16.6. The van der Waals surface area contributed by atoms with Gasteiger partial charge >= 0.3 is 12.1 Å². The molecule has 5 nitrogen and oxygen atoms in total. The van der Waals surface area contributed by atoms with Crippen molar-refractivity contribution in [1.82, 2.24) is 4.90 Å². The van der Waals surface area contributed by atoms with E-state index in [0.29, 0.717) is 6.61 Å². The first-order valence-corrected chi connectivity index (χ1v) is 7.94. The quantitative estimate of drug-likeness (QED) is 0.635. The maximum absolute atomic E-state index is 12.4. The minimum Gasteiger partial charge on any atom is -0.466 e. The maximum Gasteiger partial charge on any atom is 0.410 e. The lowest BCUT2D eigenvalue weighted by atomic mass is 9.97. The summed E-state index contributed by atoms with van der Waals surface area (Å²) in [6.45, 7) is 0.292. The van der Waals surface area contributed by atoms with Crippen LogP contribution in [0, 0.1) is 0 Å². The van der Waals surface area contributed by atoms with E-state index in [1.807, 2.05) is 35.2 Å². The molecular formula is C18H21NO4. The minimum absolute atomic E-state index is 0.132. The summed E-state index contributed by atoms with van der Waals surface area (Å²) < 4.78 is 10.1. The Morgan fingerprint density at radius 3 is 2.43 bits per heavy atom. The molecule has 0 radical (unpaired) electrons. The fraction of sp³-hybridized carbons (Fsp3) is 0.444. The maximum atomic E-state index is 12.4. The fourth-order valence-corrected chi connectivity index (χ4v) is 3.49. The average molecular weight is 315 g/mol. The molecule has 1 aromatic carbocycles. The Balaban J connectivity index is 1.60. The molecule has 0 N–H and O–H groups in total. The molecule has 2 saturated heterocycles. The Labute approximate surface area is 135 Å². The number of hydrogen-bond donors (Lipinski definition) is 0. The number of carbonyl (C=O) groups excluding carboxylic acids is 2. The molecular weight excluding hydrogens is 294 g/mol. The van der Waals surface area contributed by atoms with Gasteiger partial charge in [0.25, 0.3) is 0 Å². The molecule has 2 aliphatic heterocycles. The highest BCUT2D eigenvalue weighted by Crippen LogP contribution is 2.38. The van der Waals surface area contributed by atoms with Gasteiger partial charge in [-0.2, -0.15) is 0 Å². The molecule has 1 aromatic rings. The molecule has 2 heterocycles. The number of piperidine rings is 1. The molecule has 2 bridgehead atoms. The lowest BCUT2D eigenvalue weighted by molar-refractivity contribution is -0.134. The highest BCUT2D eigenvalue weighted by molar-refractivity contribution is 5.82. The highest BCUT2D eigenvalue weighted by Gasteiger charge is 2.42. The number of carbonyl (C=O) groups is 2. The molecule has 0 aliphatic carbocycles. The van der Waals surface area contributed by atoms with Crippen molar-refractivity contribution in [2.45, 2.75) is 44.4 Å². The summed E-state index contributed by atoms with van der Waals surface area (Å²) in [4.78, 5) is 25.7. The van der Waals surface area contributed by atoms with Gasteiger partial charge in [-0.15, -0.1) is 0 Å². The number of methoxy groups -OCH3 is 1. The van der Waals surface area contributed by atoms with E-state index in [4.69, 9.17) is 4.74 Å². The van der Waals surface area contributed by atoms with Crippen LogP contribution < -0.4 is 0 Å². The number of hydrogen-bond acceptors (Lipinski definition) is 4. The normalized spacial score (nSPS) is 22.7. The van der Waals surface area contributed by atoms with Crippen molar-refractivity contribution in [2.75, 3.05) is 7.11 Å². The number of ether oxygens (including phenoxy) is 2. The van der Waals surface area contributed by atoms with Crippen molar-refractivity contribution in [3.8, 4) is 0 Å². The molecule has 2 aliphatic rings. The lowest BCUT2D eigenvalue weighted by Gasteiger charge is -2.35. The predicted molar refractivity (Wildman–Crippen MR) is 84.6 cm³/mol. The summed E-state index contributed by atoms with van der Waals surface area (Å²) in [5, 5.41) is 0. The first kappa shape index (κ1) is 15.6. The zero-order valence-corrected chi connectivity index (χ0v) is 13.2. The van der Waals surface area contributed by atoms with E-state index < -0.39 is 0 Å². The number of benzene rings is 1. The van der Waals surface area contributed by atoms with Gasteiger partial charge in [0.1, 0.15) is 6.61 Å². The second-order valence-corrected chi connectivity index (χ2v) is 6.07. The van der Waals surface area contributed by atoms with Gasteiger partial charge in [0.2, 0.25) is 0 Å². The van der Waals surface area contributed by atoms with Gasteiger partial charge < -0.3 is 14.4 Å². The van der Waals surface area contributed by atoms with Crippen LogP contribution in [0.25, 0.3) is 0 Å². The number of fused-ring (bicyclic) bond motifs is 2. The van der Waals surface area contributed by atoms with Gasteiger partial charge in [0, 0.05) is 18.2 Å². The van der Waals surface area contributed by atoms with E-state index in [9.17, 15) is 9.59 Å². The topological polar surface area (TPSA) is 55.8 Å². The molecule has 0 saturated carbocycles. The van der Waals surface area contributed by atoms with E-state index in [1.165, 1.54) is 7.11 Å². The number of amides is 1. The first-order chi connectivity index (χ1) is 11.2. The van der Waals surface area contributed by atoms with E-state index in [1.54, 1.807) is 6.08 Å². The number of esters is 1. The third kappa shape index (κ3) is 3.55. The summed E-state index contributed by atoms with van der Waals surface area (Å²) in [6.07, 6.45) is 4.70. The first-order valence-electron chi connectivity index (χ1n) is 7.94. The Hall–Kier alpha value is -2.30. The SMILES string of the molecule is COC(=O)C=C1CC2CCC(C1)N2C(=O)OCc1ccccc1. The average Bonchev–Trinajstić information content (AvgIpc) is 2.84. The Kier molecular flexibility index (Phi) is 4.65. The largest absolute Gasteiger partial charge is 0.466 e. The molecule has 122 valence electrons. The summed E-state index contributed by atoms with van der Waals surface area (Å²) >= 11 is 0. The van der Waals surface area contributed by atoms with Crippen molar-refractivity contribution < 1.29 is 19.1 Å². The van der Waals surface area contributed by atoms with Crippen molar-refractivity contribution >= 4 is 12.1 Å². The predicted octanol–water partition coefficient (Wildman–Crippen LogP) is 3.05. The van der Waals surface area contributed by atoms with E-state index in [-0.39, 0.29) is 24.1 Å². The van der Waals surface area contributed by atoms with Gasteiger partial charge in [-0.05, 0) is 31.2 Å². The monoisotopic (exact) mass is 315 g/mol. The molecule has 0 aromatic heterocycles. The van der Waals surface area contributed by atoms with Crippen LogP contribution in [0.15, 0.2) is 42.0 Å². The summed E-state index contributed by atoms with van der Waals surface area (Å²) in [7, 11) is 1.38.